The maximum Gasteiger partial charge on any atom is 0.289 e. The zero-order valence-corrected chi connectivity index (χ0v) is 17.3. The van der Waals surface area contributed by atoms with Crippen molar-refractivity contribution >= 4 is 57.1 Å². The number of aromatic nitrogens is 1. The van der Waals surface area contributed by atoms with Gasteiger partial charge < -0.3 is 4.57 Å². The number of nitro benzene ring substituents is 1. The molecule has 0 saturated carbocycles. The summed E-state index contributed by atoms with van der Waals surface area (Å²) < 4.78 is 1.67. The van der Waals surface area contributed by atoms with Crippen LogP contribution >= 0.6 is 23.4 Å². The first kappa shape index (κ1) is 20.0. The molecule has 2 aromatic rings. The molecule has 30 heavy (non-hydrogen) atoms. The fraction of sp³-hybridized carbons (Fsp3) is 0.158. The van der Waals surface area contributed by atoms with Crippen LogP contribution in [0.2, 0.25) is 5.02 Å². The van der Waals surface area contributed by atoms with Crippen LogP contribution in [0.1, 0.15) is 25.5 Å². The summed E-state index contributed by atoms with van der Waals surface area (Å²) in [4.78, 5) is 27.3. The van der Waals surface area contributed by atoms with Crippen molar-refractivity contribution in [3.63, 3.8) is 0 Å². The predicted molar refractivity (Wildman–Crippen MR) is 117 cm³/mol. The number of nitrogens with zero attached hydrogens (tertiary/aromatic N) is 5. The standard InChI is InChI=1S/C19H15ClN6O3S/c1-2-4-16-23-25-17(21)13(18(27)22-19(25)30-16)9-11-5-3-8-24(11)12-6-7-14(20)15(10-12)26(28)29/h3,5-10,21H,2,4H2,1H3/b13-9-,21-17?. The number of hydrogen-bond acceptors (Lipinski definition) is 6. The van der Waals surface area contributed by atoms with Crippen molar-refractivity contribution in [3.05, 3.63) is 62.9 Å². The molecule has 0 spiro atoms. The molecule has 0 radical (unpaired) electrons. The molecule has 2 aliphatic heterocycles. The van der Waals surface area contributed by atoms with Crippen LogP contribution in [-0.4, -0.2) is 36.5 Å². The highest BCUT2D eigenvalue weighted by atomic mass is 35.5. The molecule has 0 aliphatic carbocycles. The van der Waals surface area contributed by atoms with Crippen molar-refractivity contribution in [1.29, 1.82) is 5.41 Å². The van der Waals surface area contributed by atoms with E-state index in [0.29, 0.717) is 16.5 Å². The Hall–Kier alpha value is -3.24. The van der Waals surface area contributed by atoms with Gasteiger partial charge in [0.1, 0.15) is 10.1 Å². The summed E-state index contributed by atoms with van der Waals surface area (Å²) in [7, 11) is 0. The highest BCUT2D eigenvalue weighted by molar-refractivity contribution is 8.26. The lowest BCUT2D eigenvalue weighted by atomic mass is 10.1. The van der Waals surface area contributed by atoms with Crippen LogP contribution in [0.5, 0.6) is 0 Å². The second-order valence-electron chi connectivity index (χ2n) is 6.46. The zero-order valence-electron chi connectivity index (χ0n) is 15.7. The van der Waals surface area contributed by atoms with E-state index in [4.69, 9.17) is 17.0 Å². The Morgan fingerprint density at radius 1 is 1.37 bits per heavy atom. The number of benzene rings is 1. The van der Waals surface area contributed by atoms with Gasteiger partial charge in [-0.3, -0.25) is 20.3 Å². The van der Waals surface area contributed by atoms with Crippen molar-refractivity contribution in [1.82, 2.24) is 9.58 Å². The number of aliphatic imine (C=N–C) groups is 1. The molecule has 4 rings (SSSR count). The Kier molecular flexibility index (Phi) is 5.27. The number of carbonyl (C=O) groups excluding carboxylic acids is 1. The fourth-order valence-electron chi connectivity index (χ4n) is 3.03. The van der Waals surface area contributed by atoms with Gasteiger partial charge >= 0.3 is 0 Å². The molecule has 0 unspecified atom stereocenters. The normalized spacial score (nSPS) is 17.3. The number of halogens is 1. The fourth-order valence-corrected chi connectivity index (χ4v) is 4.21. The van der Waals surface area contributed by atoms with E-state index in [0.717, 1.165) is 17.9 Å². The van der Waals surface area contributed by atoms with Gasteiger partial charge in [-0.1, -0.05) is 18.5 Å². The summed E-state index contributed by atoms with van der Waals surface area (Å²) in [6, 6.07) is 7.91. The third-order valence-electron chi connectivity index (χ3n) is 4.44. The first-order valence-electron chi connectivity index (χ1n) is 8.99. The van der Waals surface area contributed by atoms with Crippen molar-refractivity contribution in [3.8, 4) is 5.69 Å². The number of nitrogens with one attached hydrogen (secondary N) is 1. The Bertz CT molecular complexity index is 1180. The molecule has 0 atom stereocenters. The lowest BCUT2D eigenvalue weighted by molar-refractivity contribution is -0.384. The maximum atomic E-state index is 12.6. The highest BCUT2D eigenvalue weighted by Crippen LogP contribution is 2.31. The molecule has 2 aliphatic rings. The van der Waals surface area contributed by atoms with Crippen molar-refractivity contribution in [2.45, 2.75) is 19.8 Å². The molecule has 0 bridgehead atoms. The molecule has 0 saturated heterocycles. The Morgan fingerprint density at radius 3 is 2.90 bits per heavy atom. The average molecular weight is 443 g/mol. The zero-order chi connectivity index (χ0) is 21.4. The number of nitro groups is 1. The second kappa shape index (κ2) is 7.88. The minimum absolute atomic E-state index is 0.0363. The lowest BCUT2D eigenvalue weighted by Crippen LogP contribution is -2.35. The maximum absolute atomic E-state index is 12.6. The van der Waals surface area contributed by atoms with Crippen LogP contribution in [0.3, 0.4) is 0 Å². The first-order valence-corrected chi connectivity index (χ1v) is 10.2. The Labute approximate surface area is 180 Å². The largest absolute Gasteiger partial charge is 0.317 e. The van der Waals surface area contributed by atoms with Crippen LogP contribution in [0, 0.1) is 15.5 Å². The van der Waals surface area contributed by atoms with Crippen LogP contribution in [0.4, 0.5) is 5.69 Å². The van der Waals surface area contributed by atoms with Crippen LogP contribution in [0.25, 0.3) is 11.8 Å². The summed E-state index contributed by atoms with van der Waals surface area (Å²) in [5.41, 5.74) is 0.929. The molecule has 1 amide bonds. The van der Waals surface area contributed by atoms with Gasteiger partial charge in [0.2, 0.25) is 5.17 Å². The molecule has 9 nitrogen and oxygen atoms in total. The molecule has 152 valence electrons. The minimum Gasteiger partial charge on any atom is -0.317 e. The Balaban J connectivity index is 1.72. The van der Waals surface area contributed by atoms with Crippen LogP contribution < -0.4 is 0 Å². The van der Waals surface area contributed by atoms with E-state index in [9.17, 15) is 14.9 Å². The van der Waals surface area contributed by atoms with Crippen molar-refractivity contribution in [2.75, 3.05) is 0 Å². The average Bonchev–Trinajstić information content (AvgIpc) is 3.32. The number of carbonyl (C=O) groups is 1. The number of amidine groups is 2. The molecule has 3 heterocycles. The molecule has 1 aromatic carbocycles. The second-order valence-corrected chi connectivity index (χ2v) is 7.91. The summed E-state index contributed by atoms with van der Waals surface area (Å²) >= 11 is 7.20. The summed E-state index contributed by atoms with van der Waals surface area (Å²) in [6.07, 6.45) is 4.88. The topological polar surface area (TPSA) is 117 Å². The Morgan fingerprint density at radius 2 is 2.17 bits per heavy atom. The van der Waals surface area contributed by atoms with E-state index < -0.39 is 10.8 Å². The van der Waals surface area contributed by atoms with Gasteiger partial charge in [0.05, 0.1) is 16.2 Å². The number of fused-ring (bicyclic) bond motifs is 1. The lowest BCUT2D eigenvalue weighted by Gasteiger charge is -2.20. The van der Waals surface area contributed by atoms with Gasteiger partial charge in [0.25, 0.3) is 11.6 Å². The van der Waals surface area contributed by atoms with Crippen molar-refractivity contribution < 1.29 is 9.72 Å². The predicted octanol–water partition coefficient (Wildman–Crippen LogP) is 4.46. The van der Waals surface area contributed by atoms with Crippen LogP contribution in [0.15, 0.2) is 52.2 Å². The van der Waals surface area contributed by atoms with E-state index in [1.807, 2.05) is 6.92 Å². The number of hydrogen-bond donors (Lipinski definition) is 1. The third kappa shape index (κ3) is 3.55. The molecular formula is C19H15ClN6O3S. The van der Waals surface area contributed by atoms with E-state index >= 15 is 0 Å². The van der Waals surface area contributed by atoms with Gasteiger partial charge in [-0.15, -0.1) is 0 Å². The van der Waals surface area contributed by atoms with Gasteiger partial charge in [-0.25, -0.2) is 0 Å². The minimum atomic E-state index is -0.555. The van der Waals surface area contributed by atoms with Gasteiger partial charge in [-0.05, 0) is 54.9 Å². The number of amides is 1. The highest BCUT2D eigenvalue weighted by Gasteiger charge is 2.35. The van der Waals surface area contributed by atoms with E-state index in [2.05, 4.69) is 10.1 Å². The van der Waals surface area contributed by atoms with Crippen LogP contribution in [-0.2, 0) is 4.79 Å². The monoisotopic (exact) mass is 442 g/mol. The first-order chi connectivity index (χ1) is 14.4. The van der Waals surface area contributed by atoms with Crippen molar-refractivity contribution in [2.24, 2.45) is 10.1 Å². The number of thioether (sulfide) groups is 1. The summed E-state index contributed by atoms with van der Waals surface area (Å²) in [5.74, 6) is -0.583. The molecular weight excluding hydrogens is 428 g/mol. The van der Waals surface area contributed by atoms with Gasteiger partial charge in [0, 0.05) is 18.0 Å². The van der Waals surface area contributed by atoms with E-state index in [1.54, 1.807) is 29.0 Å². The molecule has 1 N–H and O–H groups in total. The quantitative estimate of drug-likeness (QED) is 0.416. The smallest absolute Gasteiger partial charge is 0.289 e. The van der Waals surface area contributed by atoms with Gasteiger partial charge in [-0.2, -0.15) is 15.1 Å². The molecule has 11 heteroatoms. The molecule has 0 fully saturated rings. The number of hydrazone groups is 1. The van der Waals surface area contributed by atoms with E-state index in [-0.39, 0.29) is 22.1 Å². The molecule has 1 aromatic heterocycles. The summed E-state index contributed by atoms with van der Waals surface area (Å²) in [6.45, 7) is 2.03. The SMILES string of the molecule is CCCC1=NN2C(=N)/C(=C/c3cccn3-c3ccc(Cl)c([N+](=O)[O-])c3)C(=O)N=C2S1. The van der Waals surface area contributed by atoms with Gasteiger partial charge in [0.15, 0.2) is 5.84 Å². The number of rotatable bonds is 5. The third-order valence-corrected chi connectivity index (χ3v) is 5.73. The van der Waals surface area contributed by atoms with E-state index in [1.165, 1.54) is 35.0 Å². The summed E-state index contributed by atoms with van der Waals surface area (Å²) in [5, 5.41) is 26.6.